The molecule has 1 saturated carbocycles. The van der Waals surface area contributed by atoms with Crippen LogP contribution in [-0.2, 0) is 17.8 Å². The lowest BCUT2D eigenvalue weighted by atomic mass is 9.92. The van der Waals surface area contributed by atoms with Crippen LogP contribution in [0.15, 0.2) is 30.3 Å². The predicted molar refractivity (Wildman–Crippen MR) is 140 cm³/mol. The van der Waals surface area contributed by atoms with E-state index in [9.17, 15) is 9.59 Å². The molecule has 0 spiro atoms. The minimum atomic E-state index is -1.02. The second-order valence-corrected chi connectivity index (χ2v) is 11.4. The maximum absolute atomic E-state index is 14.0. The SMILES string of the molecule is CCc1cc2c(cc3n2C[C@@](C)(C(=O)NC2CCCCCC2)N(c2ccc(C)c(C)c2)C3=O)s1. The van der Waals surface area contributed by atoms with Gasteiger partial charge in [0, 0.05) is 16.6 Å². The second kappa shape index (κ2) is 8.88. The quantitative estimate of drug-likeness (QED) is 0.459. The smallest absolute Gasteiger partial charge is 0.275 e. The number of anilines is 1. The van der Waals surface area contributed by atoms with Gasteiger partial charge in [-0.1, -0.05) is 38.7 Å². The van der Waals surface area contributed by atoms with Crippen molar-refractivity contribution < 1.29 is 9.59 Å². The molecule has 1 fully saturated rings. The Kier molecular flexibility index (Phi) is 6.05. The van der Waals surface area contributed by atoms with Crippen molar-refractivity contribution in [3.05, 3.63) is 52.0 Å². The van der Waals surface area contributed by atoms with E-state index < -0.39 is 5.54 Å². The van der Waals surface area contributed by atoms with E-state index in [1.807, 2.05) is 31.2 Å². The number of rotatable bonds is 4. The van der Waals surface area contributed by atoms with Crippen LogP contribution >= 0.6 is 11.3 Å². The molecule has 1 aliphatic carbocycles. The van der Waals surface area contributed by atoms with Gasteiger partial charge in [0.15, 0.2) is 0 Å². The van der Waals surface area contributed by atoms with Gasteiger partial charge in [0.05, 0.1) is 16.8 Å². The van der Waals surface area contributed by atoms with Gasteiger partial charge in [-0.2, -0.15) is 0 Å². The summed E-state index contributed by atoms with van der Waals surface area (Å²) in [5.74, 6) is -0.154. The fourth-order valence-corrected chi connectivity index (χ4v) is 6.58. The number of carbonyl (C=O) groups excluding carboxylic acids is 2. The predicted octanol–water partition coefficient (Wildman–Crippen LogP) is 6.14. The molecule has 34 heavy (non-hydrogen) atoms. The fourth-order valence-electron chi connectivity index (χ4n) is 5.54. The Bertz CT molecular complexity index is 1250. The first-order valence-corrected chi connectivity index (χ1v) is 13.5. The number of amides is 2. The van der Waals surface area contributed by atoms with Gasteiger partial charge in [-0.25, -0.2) is 0 Å². The van der Waals surface area contributed by atoms with Gasteiger partial charge in [-0.3, -0.25) is 14.5 Å². The number of hydrogen-bond donors (Lipinski definition) is 1. The van der Waals surface area contributed by atoms with E-state index in [-0.39, 0.29) is 17.9 Å². The van der Waals surface area contributed by atoms with Crippen molar-refractivity contribution in [1.82, 2.24) is 9.88 Å². The molecule has 180 valence electrons. The topological polar surface area (TPSA) is 54.3 Å². The lowest BCUT2D eigenvalue weighted by molar-refractivity contribution is -0.127. The molecule has 2 amide bonds. The normalized spacial score (nSPS) is 21.5. The number of nitrogens with one attached hydrogen (secondary N) is 1. The summed E-state index contributed by atoms with van der Waals surface area (Å²) in [5.41, 5.74) is 3.80. The molecule has 5 nitrogen and oxygen atoms in total. The van der Waals surface area contributed by atoms with Gasteiger partial charge in [-0.15, -0.1) is 11.3 Å². The summed E-state index contributed by atoms with van der Waals surface area (Å²) in [5, 5.41) is 3.36. The van der Waals surface area contributed by atoms with Crippen molar-refractivity contribution in [2.45, 2.75) is 90.8 Å². The van der Waals surface area contributed by atoms with Crippen LogP contribution in [0.3, 0.4) is 0 Å². The molecule has 1 atom stereocenters. The van der Waals surface area contributed by atoms with E-state index in [0.717, 1.165) is 53.6 Å². The molecule has 0 unspecified atom stereocenters. The molecule has 0 saturated heterocycles. The molecule has 3 aromatic rings. The number of thiophene rings is 1. The molecule has 3 heterocycles. The van der Waals surface area contributed by atoms with Gasteiger partial charge in [-0.05, 0) is 75.4 Å². The van der Waals surface area contributed by atoms with E-state index in [1.165, 1.54) is 23.3 Å². The van der Waals surface area contributed by atoms with Gasteiger partial charge in [0.25, 0.3) is 5.91 Å². The fraction of sp³-hybridized carbons (Fsp3) is 0.500. The van der Waals surface area contributed by atoms with Crippen molar-refractivity contribution in [1.29, 1.82) is 0 Å². The number of carbonyl (C=O) groups is 2. The molecule has 5 rings (SSSR count). The number of benzene rings is 1. The van der Waals surface area contributed by atoms with Gasteiger partial charge in [0.2, 0.25) is 5.91 Å². The molecular formula is C28H35N3O2S. The lowest BCUT2D eigenvalue weighted by Crippen LogP contribution is -2.65. The Balaban J connectivity index is 1.60. The lowest BCUT2D eigenvalue weighted by Gasteiger charge is -2.44. The van der Waals surface area contributed by atoms with Crippen molar-refractivity contribution in [3.63, 3.8) is 0 Å². The molecule has 0 radical (unpaired) electrons. The van der Waals surface area contributed by atoms with Crippen LogP contribution in [0.2, 0.25) is 0 Å². The van der Waals surface area contributed by atoms with Crippen molar-refractivity contribution in [3.8, 4) is 0 Å². The largest absolute Gasteiger partial charge is 0.351 e. The average molecular weight is 478 g/mol. The second-order valence-electron chi connectivity index (χ2n) is 10.3. The zero-order valence-electron chi connectivity index (χ0n) is 20.7. The van der Waals surface area contributed by atoms with Crippen LogP contribution in [0.4, 0.5) is 5.69 Å². The summed E-state index contributed by atoms with van der Waals surface area (Å²) >= 11 is 1.74. The number of hydrogen-bond acceptors (Lipinski definition) is 3. The zero-order valence-corrected chi connectivity index (χ0v) is 21.6. The Morgan fingerprint density at radius 2 is 1.82 bits per heavy atom. The molecule has 1 N–H and O–H groups in total. The minimum absolute atomic E-state index is 0.0515. The van der Waals surface area contributed by atoms with E-state index in [0.29, 0.717) is 12.2 Å². The molecule has 6 heteroatoms. The maximum Gasteiger partial charge on any atom is 0.275 e. The first kappa shape index (κ1) is 23.2. The first-order valence-electron chi connectivity index (χ1n) is 12.7. The summed E-state index contributed by atoms with van der Waals surface area (Å²) in [6.45, 7) is 8.66. The monoisotopic (exact) mass is 477 g/mol. The van der Waals surface area contributed by atoms with Crippen LogP contribution in [0.25, 0.3) is 10.2 Å². The highest BCUT2D eigenvalue weighted by atomic mass is 32.1. The van der Waals surface area contributed by atoms with Gasteiger partial charge in [0.1, 0.15) is 11.2 Å². The third-order valence-corrected chi connectivity index (χ3v) is 9.01. The van der Waals surface area contributed by atoms with E-state index in [4.69, 9.17) is 0 Å². The Morgan fingerprint density at radius 1 is 1.09 bits per heavy atom. The van der Waals surface area contributed by atoms with Crippen LogP contribution in [0, 0.1) is 13.8 Å². The molecule has 1 aliphatic heterocycles. The first-order chi connectivity index (χ1) is 16.3. The number of nitrogens with zero attached hydrogens (tertiary/aromatic N) is 2. The molecule has 2 aromatic heterocycles. The summed E-state index contributed by atoms with van der Waals surface area (Å²) in [6, 6.07) is 10.4. The number of aromatic nitrogens is 1. The van der Waals surface area contributed by atoms with E-state index >= 15 is 0 Å². The average Bonchev–Trinajstić information content (AvgIpc) is 3.25. The zero-order chi connectivity index (χ0) is 24.0. The molecular weight excluding hydrogens is 442 g/mol. The Hall–Kier alpha value is -2.60. The standard InChI is InChI=1S/C28H35N3O2S/c1-5-22-15-23-25(34-22)16-24-26(32)31(21-13-12-18(2)19(3)14-21)28(4,17-30(23)24)27(33)29-20-10-8-6-7-9-11-20/h12-16,20H,5-11,17H2,1-4H3,(H,29,33)/t28-/m0/s1. The van der Waals surface area contributed by atoms with Gasteiger partial charge >= 0.3 is 0 Å². The minimum Gasteiger partial charge on any atom is -0.351 e. The highest BCUT2D eigenvalue weighted by Crippen LogP contribution is 2.39. The Morgan fingerprint density at radius 3 is 2.50 bits per heavy atom. The third kappa shape index (κ3) is 3.86. The van der Waals surface area contributed by atoms with Crippen LogP contribution < -0.4 is 10.2 Å². The van der Waals surface area contributed by atoms with Crippen LogP contribution in [-0.4, -0.2) is 28.0 Å². The van der Waals surface area contributed by atoms with E-state index in [1.54, 1.807) is 16.2 Å². The summed E-state index contributed by atoms with van der Waals surface area (Å²) < 4.78 is 3.20. The summed E-state index contributed by atoms with van der Waals surface area (Å²) in [4.78, 5) is 31.1. The van der Waals surface area contributed by atoms with Crippen LogP contribution in [0.1, 0.15) is 78.9 Å². The maximum atomic E-state index is 14.0. The van der Waals surface area contributed by atoms with E-state index in [2.05, 4.69) is 36.7 Å². The molecule has 0 bridgehead atoms. The third-order valence-electron chi connectivity index (χ3n) is 7.80. The highest BCUT2D eigenvalue weighted by molar-refractivity contribution is 7.19. The molecule has 1 aromatic carbocycles. The van der Waals surface area contributed by atoms with Crippen LogP contribution in [0.5, 0.6) is 0 Å². The number of aryl methyl sites for hydroxylation is 3. The number of fused-ring (bicyclic) bond motifs is 3. The summed E-state index contributed by atoms with van der Waals surface area (Å²) in [6.07, 6.45) is 7.78. The van der Waals surface area contributed by atoms with Crippen molar-refractivity contribution >= 4 is 39.1 Å². The highest BCUT2D eigenvalue weighted by Gasteiger charge is 2.49. The van der Waals surface area contributed by atoms with Crippen molar-refractivity contribution in [2.24, 2.45) is 0 Å². The summed E-state index contributed by atoms with van der Waals surface area (Å²) in [7, 11) is 0. The Labute approximate surface area is 206 Å². The van der Waals surface area contributed by atoms with Crippen molar-refractivity contribution in [2.75, 3.05) is 4.90 Å². The molecule has 2 aliphatic rings. The van der Waals surface area contributed by atoms with Gasteiger partial charge < -0.3 is 9.88 Å².